The van der Waals surface area contributed by atoms with Gasteiger partial charge in [-0.2, -0.15) is 0 Å². The van der Waals surface area contributed by atoms with Crippen LogP contribution >= 0.6 is 0 Å². The molecule has 1 aromatic rings. The van der Waals surface area contributed by atoms with Gasteiger partial charge in [0.25, 0.3) is 0 Å². The van der Waals surface area contributed by atoms with Crippen molar-refractivity contribution < 1.29 is 9.59 Å². The van der Waals surface area contributed by atoms with Crippen LogP contribution in [0.4, 0.5) is 0 Å². The molecule has 0 aromatic heterocycles. The molecule has 0 bridgehead atoms. The highest BCUT2D eigenvalue weighted by Gasteiger charge is 2.44. The molecule has 4 heteroatoms. The largest absolute Gasteiger partial charge is 0.352 e. The van der Waals surface area contributed by atoms with E-state index in [1.165, 1.54) is 18.4 Å². The van der Waals surface area contributed by atoms with E-state index >= 15 is 0 Å². The van der Waals surface area contributed by atoms with E-state index in [1.807, 2.05) is 42.5 Å². The maximum atomic E-state index is 13.4. The van der Waals surface area contributed by atoms with Gasteiger partial charge in [-0.15, -0.1) is 0 Å². The first-order chi connectivity index (χ1) is 14.7. The zero-order chi connectivity index (χ0) is 20.8. The first kappa shape index (κ1) is 20.9. The lowest BCUT2D eigenvalue weighted by molar-refractivity contribution is -0.138. The highest BCUT2D eigenvalue weighted by atomic mass is 16.2. The topological polar surface area (TPSA) is 58.2 Å². The molecular formula is C26H34N2O2. The Balaban J connectivity index is 1.54. The van der Waals surface area contributed by atoms with Gasteiger partial charge in [-0.3, -0.25) is 9.59 Å². The summed E-state index contributed by atoms with van der Waals surface area (Å²) in [7, 11) is 0. The van der Waals surface area contributed by atoms with Crippen LogP contribution in [0, 0.1) is 5.41 Å². The fraction of sp³-hybridized carbons (Fsp3) is 0.538. The molecule has 2 fully saturated rings. The zero-order valence-electron chi connectivity index (χ0n) is 17.8. The summed E-state index contributed by atoms with van der Waals surface area (Å²) >= 11 is 0. The minimum Gasteiger partial charge on any atom is -0.352 e. The predicted octanol–water partition coefficient (Wildman–Crippen LogP) is 4.78. The quantitative estimate of drug-likeness (QED) is 0.546. The molecule has 0 heterocycles. The molecule has 2 amide bonds. The Morgan fingerprint density at radius 3 is 1.63 bits per heavy atom. The number of hydrogen-bond acceptors (Lipinski definition) is 2. The van der Waals surface area contributed by atoms with E-state index < -0.39 is 5.41 Å². The minimum absolute atomic E-state index is 0.0873. The minimum atomic E-state index is -1.25. The monoisotopic (exact) mass is 406 g/mol. The number of hydrogen-bond donors (Lipinski definition) is 2. The van der Waals surface area contributed by atoms with Gasteiger partial charge in [-0.05, 0) is 31.2 Å². The molecular weight excluding hydrogens is 372 g/mol. The Kier molecular flexibility index (Phi) is 6.71. The summed E-state index contributed by atoms with van der Waals surface area (Å²) in [4.78, 5) is 26.9. The molecule has 3 aliphatic carbocycles. The Morgan fingerprint density at radius 1 is 0.700 bits per heavy atom. The van der Waals surface area contributed by atoms with E-state index in [1.54, 1.807) is 0 Å². The lowest BCUT2D eigenvalue weighted by Gasteiger charge is -2.34. The van der Waals surface area contributed by atoms with Crippen LogP contribution in [-0.4, -0.2) is 23.9 Å². The first-order valence-corrected chi connectivity index (χ1v) is 11.7. The Morgan fingerprint density at radius 2 is 1.17 bits per heavy atom. The maximum Gasteiger partial charge on any atom is 0.243 e. The van der Waals surface area contributed by atoms with Crippen molar-refractivity contribution >= 4 is 11.8 Å². The lowest BCUT2D eigenvalue weighted by atomic mass is 9.77. The smallest absolute Gasteiger partial charge is 0.243 e. The first-order valence-electron chi connectivity index (χ1n) is 11.7. The molecule has 0 spiro atoms. The Hall–Kier alpha value is -2.36. The van der Waals surface area contributed by atoms with Crippen molar-refractivity contribution in [3.05, 3.63) is 60.2 Å². The summed E-state index contributed by atoms with van der Waals surface area (Å²) in [6, 6.07) is 10.6. The highest BCUT2D eigenvalue weighted by Crippen LogP contribution is 2.34. The Bertz CT molecular complexity index is 739. The van der Waals surface area contributed by atoms with Crippen molar-refractivity contribution in [2.45, 2.75) is 82.2 Å². The van der Waals surface area contributed by atoms with Gasteiger partial charge in [0.15, 0.2) is 5.41 Å². The normalized spacial score (nSPS) is 22.5. The summed E-state index contributed by atoms with van der Waals surface area (Å²) in [5, 5.41) is 6.40. The van der Waals surface area contributed by atoms with Crippen LogP contribution in [-0.2, 0) is 9.59 Å². The van der Waals surface area contributed by atoms with Crippen molar-refractivity contribution in [3.8, 4) is 0 Å². The number of carbonyl (C=O) groups is 2. The molecule has 1 aromatic carbocycles. The van der Waals surface area contributed by atoms with Gasteiger partial charge in [0.05, 0.1) is 0 Å². The van der Waals surface area contributed by atoms with Gasteiger partial charge in [-0.1, -0.05) is 93.2 Å². The summed E-state index contributed by atoms with van der Waals surface area (Å²) < 4.78 is 0. The van der Waals surface area contributed by atoms with Crippen LogP contribution in [0.1, 0.15) is 75.7 Å². The van der Waals surface area contributed by atoms with Gasteiger partial charge >= 0.3 is 0 Å². The summed E-state index contributed by atoms with van der Waals surface area (Å²) in [6.45, 7) is 0. The number of benzene rings is 1. The van der Waals surface area contributed by atoms with Crippen molar-refractivity contribution in [3.63, 3.8) is 0 Å². The Labute approximate surface area is 180 Å². The van der Waals surface area contributed by atoms with Gasteiger partial charge in [-0.25, -0.2) is 0 Å². The average molecular weight is 407 g/mol. The molecule has 4 rings (SSSR count). The molecule has 2 N–H and O–H groups in total. The third-order valence-electron chi connectivity index (χ3n) is 6.95. The van der Waals surface area contributed by atoms with E-state index in [0.717, 1.165) is 51.4 Å². The SMILES string of the molecule is O=C(NC1CCCCC1)C1(C(=O)NC2CCCCC2)C=CC(c2ccccc2)C=C1. The highest BCUT2D eigenvalue weighted by molar-refractivity contribution is 6.09. The molecule has 0 atom stereocenters. The van der Waals surface area contributed by atoms with Crippen LogP contribution in [0.25, 0.3) is 0 Å². The second-order valence-corrected chi connectivity index (χ2v) is 9.14. The second kappa shape index (κ2) is 9.63. The molecule has 160 valence electrons. The van der Waals surface area contributed by atoms with E-state index in [2.05, 4.69) is 22.8 Å². The second-order valence-electron chi connectivity index (χ2n) is 9.14. The van der Waals surface area contributed by atoms with Crippen LogP contribution < -0.4 is 10.6 Å². The van der Waals surface area contributed by atoms with Crippen molar-refractivity contribution in [2.24, 2.45) is 5.41 Å². The fourth-order valence-electron chi connectivity index (χ4n) is 5.04. The number of carbonyl (C=O) groups excluding carboxylic acids is 2. The summed E-state index contributed by atoms with van der Waals surface area (Å²) in [5.74, 6) is -0.271. The summed E-state index contributed by atoms with van der Waals surface area (Å²) in [5.41, 5.74) is -0.0841. The molecule has 4 nitrogen and oxygen atoms in total. The molecule has 0 radical (unpaired) electrons. The fourth-order valence-corrected chi connectivity index (χ4v) is 5.04. The number of nitrogens with one attached hydrogen (secondary N) is 2. The maximum absolute atomic E-state index is 13.4. The standard InChI is InChI=1S/C26H34N2O2/c29-24(27-22-12-6-2-7-13-22)26(25(30)28-23-14-8-3-9-15-23)18-16-21(17-19-26)20-10-4-1-5-11-20/h1,4-5,10-11,16-19,21-23H,2-3,6-9,12-15H2,(H,27,29)(H,28,30). The zero-order valence-corrected chi connectivity index (χ0v) is 17.8. The number of allylic oxidation sites excluding steroid dienone is 2. The predicted molar refractivity (Wildman–Crippen MR) is 120 cm³/mol. The van der Waals surface area contributed by atoms with Crippen molar-refractivity contribution in [1.82, 2.24) is 10.6 Å². The van der Waals surface area contributed by atoms with E-state index in [4.69, 9.17) is 0 Å². The van der Waals surface area contributed by atoms with Gasteiger partial charge < -0.3 is 10.6 Å². The third kappa shape index (κ3) is 4.69. The molecule has 2 saturated carbocycles. The molecule has 3 aliphatic rings. The van der Waals surface area contributed by atoms with Gasteiger partial charge in [0, 0.05) is 18.0 Å². The van der Waals surface area contributed by atoms with Gasteiger partial charge in [0.1, 0.15) is 0 Å². The van der Waals surface area contributed by atoms with E-state index in [9.17, 15) is 9.59 Å². The van der Waals surface area contributed by atoms with Crippen LogP contribution in [0.2, 0.25) is 0 Å². The van der Waals surface area contributed by atoms with Crippen LogP contribution in [0.3, 0.4) is 0 Å². The molecule has 0 aliphatic heterocycles. The van der Waals surface area contributed by atoms with E-state index in [-0.39, 0.29) is 29.8 Å². The van der Waals surface area contributed by atoms with Crippen molar-refractivity contribution in [2.75, 3.05) is 0 Å². The van der Waals surface area contributed by atoms with E-state index in [0.29, 0.717) is 0 Å². The van der Waals surface area contributed by atoms with Crippen LogP contribution in [0.5, 0.6) is 0 Å². The molecule has 0 saturated heterocycles. The average Bonchev–Trinajstić information content (AvgIpc) is 2.81. The van der Waals surface area contributed by atoms with Crippen LogP contribution in [0.15, 0.2) is 54.6 Å². The summed E-state index contributed by atoms with van der Waals surface area (Å²) in [6.07, 6.45) is 18.8. The number of rotatable bonds is 5. The molecule has 0 unspecified atom stereocenters. The van der Waals surface area contributed by atoms with Crippen molar-refractivity contribution in [1.29, 1.82) is 0 Å². The van der Waals surface area contributed by atoms with Gasteiger partial charge in [0.2, 0.25) is 11.8 Å². The number of amides is 2. The molecule has 30 heavy (non-hydrogen) atoms. The lowest BCUT2D eigenvalue weighted by Crippen LogP contribution is -2.54. The third-order valence-corrected chi connectivity index (χ3v) is 6.95.